The van der Waals surface area contributed by atoms with E-state index in [9.17, 15) is 9.18 Å². The van der Waals surface area contributed by atoms with Crippen LogP contribution in [-0.2, 0) is 0 Å². The van der Waals surface area contributed by atoms with Crippen LogP contribution in [0.15, 0.2) is 42.5 Å². The molecule has 0 aromatic heterocycles. The number of nitrogens with one attached hydrogen (secondary N) is 1. The van der Waals surface area contributed by atoms with E-state index in [1.165, 1.54) is 18.2 Å². The SMILES string of the molecule is CCOc1cc(F)ccc1NC(=O)c1ccccc1Cl. The molecule has 0 aliphatic rings. The summed E-state index contributed by atoms with van der Waals surface area (Å²) in [7, 11) is 0. The van der Waals surface area contributed by atoms with Gasteiger partial charge in [0, 0.05) is 6.07 Å². The third-order valence-corrected chi connectivity index (χ3v) is 2.94. The van der Waals surface area contributed by atoms with Gasteiger partial charge in [0.1, 0.15) is 11.6 Å². The Morgan fingerprint density at radius 1 is 1.30 bits per heavy atom. The van der Waals surface area contributed by atoms with Crippen molar-refractivity contribution in [2.24, 2.45) is 0 Å². The van der Waals surface area contributed by atoms with Gasteiger partial charge in [-0.25, -0.2) is 4.39 Å². The molecule has 1 amide bonds. The smallest absolute Gasteiger partial charge is 0.257 e. The van der Waals surface area contributed by atoms with Crippen molar-refractivity contribution >= 4 is 23.2 Å². The van der Waals surface area contributed by atoms with Crippen LogP contribution in [0, 0.1) is 5.82 Å². The first-order valence-corrected chi connectivity index (χ1v) is 6.48. The number of hydrogen-bond donors (Lipinski definition) is 1. The van der Waals surface area contributed by atoms with Gasteiger partial charge in [-0.1, -0.05) is 23.7 Å². The lowest BCUT2D eigenvalue weighted by Gasteiger charge is -2.12. The summed E-state index contributed by atoms with van der Waals surface area (Å²) >= 11 is 5.96. The van der Waals surface area contributed by atoms with Gasteiger partial charge in [0.15, 0.2) is 0 Å². The van der Waals surface area contributed by atoms with Crippen LogP contribution in [0.25, 0.3) is 0 Å². The predicted molar refractivity (Wildman–Crippen MR) is 77.0 cm³/mol. The summed E-state index contributed by atoms with van der Waals surface area (Å²) in [6.07, 6.45) is 0. The molecule has 0 aliphatic carbocycles. The first-order chi connectivity index (χ1) is 9.61. The fraction of sp³-hybridized carbons (Fsp3) is 0.133. The topological polar surface area (TPSA) is 38.3 Å². The standard InChI is InChI=1S/C15H13ClFNO2/c1-2-20-14-9-10(17)7-8-13(14)18-15(19)11-5-3-4-6-12(11)16/h3-9H,2H2,1H3,(H,18,19). The number of rotatable bonds is 4. The van der Waals surface area contributed by atoms with Crippen LogP contribution in [0.4, 0.5) is 10.1 Å². The molecule has 2 aromatic rings. The summed E-state index contributed by atoms with van der Waals surface area (Å²) in [6.45, 7) is 2.16. The molecular weight excluding hydrogens is 281 g/mol. The number of carbonyl (C=O) groups excluding carboxylic acids is 1. The van der Waals surface area contributed by atoms with E-state index in [1.807, 2.05) is 0 Å². The van der Waals surface area contributed by atoms with Gasteiger partial charge < -0.3 is 10.1 Å². The maximum atomic E-state index is 13.2. The first kappa shape index (κ1) is 14.3. The maximum Gasteiger partial charge on any atom is 0.257 e. The van der Waals surface area contributed by atoms with Crippen LogP contribution in [0.1, 0.15) is 17.3 Å². The molecule has 5 heteroatoms. The Bertz CT molecular complexity index is 631. The lowest BCUT2D eigenvalue weighted by molar-refractivity contribution is 0.102. The largest absolute Gasteiger partial charge is 0.492 e. The molecule has 0 unspecified atom stereocenters. The Labute approximate surface area is 121 Å². The monoisotopic (exact) mass is 293 g/mol. The molecule has 0 atom stereocenters. The number of hydrogen-bond acceptors (Lipinski definition) is 2. The Balaban J connectivity index is 2.26. The van der Waals surface area contributed by atoms with E-state index in [-0.39, 0.29) is 11.7 Å². The molecule has 0 saturated heterocycles. The minimum Gasteiger partial charge on any atom is -0.492 e. The Hall–Kier alpha value is -2.07. The molecule has 1 N–H and O–H groups in total. The van der Waals surface area contributed by atoms with Gasteiger partial charge in [0.2, 0.25) is 0 Å². The van der Waals surface area contributed by atoms with Crippen molar-refractivity contribution in [1.29, 1.82) is 0 Å². The van der Waals surface area contributed by atoms with Crippen LogP contribution in [-0.4, -0.2) is 12.5 Å². The lowest BCUT2D eigenvalue weighted by Crippen LogP contribution is -2.13. The molecule has 0 aliphatic heterocycles. The van der Waals surface area contributed by atoms with Gasteiger partial charge >= 0.3 is 0 Å². The minimum atomic E-state index is -0.427. The summed E-state index contributed by atoms with van der Waals surface area (Å²) in [5, 5.41) is 3.02. The third-order valence-electron chi connectivity index (χ3n) is 2.61. The van der Waals surface area contributed by atoms with E-state index < -0.39 is 5.82 Å². The molecule has 0 heterocycles. The minimum absolute atomic E-state index is 0.285. The van der Waals surface area contributed by atoms with Gasteiger partial charge in [-0.05, 0) is 31.2 Å². The first-order valence-electron chi connectivity index (χ1n) is 6.10. The highest BCUT2D eigenvalue weighted by atomic mass is 35.5. The number of anilines is 1. The fourth-order valence-electron chi connectivity index (χ4n) is 1.71. The van der Waals surface area contributed by atoms with Crippen LogP contribution < -0.4 is 10.1 Å². The van der Waals surface area contributed by atoms with E-state index in [0.717, 1.165) is 0 Å². The highest BCUT2D eigenvalue weighted by Gasteiger charge is 2.13. The second-order valence-corrected chi connectivity index (χ2v) is 4.41. The number of amides is 1. The van der Waals surface area contributed by atoms with Crippen LogP contribution in [0.2, 0.25) is 5.02 Å². The average Bonchev–Trinajstić information content (AvgIpc) is 2.42. The number of benzene rings is 2. The Morgan fingerprint density at radius 2 is 2.05 bits per heavy atom. The maximum absolute atomic E-state index is 13.2. The highest BCUT2D eigenvalue weighted by Crippen LogP contribution is 2.26. The van der Waals surface area contributed by atoms with Crippen molar-refractivity contribution < 1.29 is 13.9 Å². The lowest BCUT2D eigenvalue weighted by atomic mass is 10.2. The molecule has 0 radical (unpaired) electrons. The Kier molecular flexibility index (Phi) is 4.58. The predicted octanol–water partition coefficient (Wildman–Crippen LogP) is 4.13. The second-order valence-electron chi connectivity index (χ2n) is 4.01. The van der Waals surface area contributed by atoms with Gasteiger partial charge in [-0.3, -0.25) is 4.79 Å². The quantitative estimate of drug-likeness (QED) is 0.920. The van der Waals surface area contributed by atoms with Crippen molar-refractivity contribution in [1.82, 2.24) is 0 Å². The zero-order valence-corrected chi connectivity index (χ0v) is 11.6. The van der Waals surface area contributed by atoms with Crippen molar-refractivity contribution in [3.05, 3.63) is 58.9 Å². The van der Waals surface area contributed by atoms with Crippen LogP contribution in [0.3, 0.4) is 0 Å². The van der Waals surface area contributed by atoms with E-state index >= 15 is 0 Å². The molecule has 0 saturated carbocycles. The normalized spacial score (nSPS) is 10.2. The van der Waals surface area contributed by atoms with Gasteiger partial charge in [-0.2, -0.15) is 0 Å². The van der Waals surface area contributed by atoms with Gasteiger partial charge in [0.05, 0.1) is 22.9 Å². The molecule has 2 aromatic carbocycles. The molecule has 104 valence electrons. The van der Waals surface area contributed by atoms with Crippen molar-refractivity contribution in [3.8, 4) is 5.75 Å². The molecular formula is C15H13ClFNO2. The van der Waals surface area contributed by atoms with E-state index in [0.29, 0.717) is 22.9 Å². The summed E-state index contributed by atoms with van der Waals surface area (Å²) in [4.78, 5) is 12.1. The van der Waals surface area contributed by atoms with Crippen LogP contribution in [0.5, 0.6) is 5.75 Å². The number of carbonyl (C=O) groups is 1. The molecule has 3 nitrogen and oxygen atoms in total. The average molecular weight is 294 g/mol. The van der Waals surface area contributed by atoms with Crippen LogP contribution >= 0.6 is 11.6 Å². The van der Waals surface area contributed by atoms with Crippen molar-refractivity contribution in [2.45, 2.75) is 6.92 Å². The number of halogens is 2. The van der Waals surface area contributed by atoms with Crippen molar-refractivity contribution in [2.75, 3.05) is 11.9 Å². The molecule has 0 spiro atoms. The molecule has 0 fully saturated rings. The Morgan fingerprint density at radius 3 is 2.75 bits per heavy atom. The van der Waals surface area contributed by atoms with E-state index in [2.05, 4.69) is 5.32 Å². The van der Waals surface area contributed by atoms with E-state index in [1.54, 1.807) is 31.2 Å². The zero-order chi connectivity index (χ0) is 14.5. The second kappa shape index (κ2) is 6.39. The molecule has 20 heavy (non-hydrogen) atoms. The van der Waals surface area contributed by atoms with Gasteiger partial charge in [0.25, 0.3) is 5.91 Å². The summed E-state index contributed by atoms with van der Waals surface area (Å²) in [5.74, 6) is -0.514. The number of ether oxygens (including phenoxy) is 1. The highest BCUT2D eigenvalue weighted by molar-refractivity contribution is 6.34. The summed E-state index contributed by atoms with van der Waals surface area (Å²) in [5.41, 5.74) is 0.749. The van der Waals surface area contributed by atoms with Crippen molar-refractivity contribution in [3.63, 3.8) is 0 Å². The summed E-state index contributed by atoms with van der Waals surface area (Å²) in [6, 6.07) is 10.6. The fourth-order valence-corrected chi connectivity index (χ4v) is 1.93. The molecule has 2 rings (SSSR count). The van der Waals surface area contributed by atoms with Gasteiger partial charge in [-0.15, -0.1) is 0 Å². The zero-order valence-electron chi connectivity index (χ0n) is 10.8. The third kappa shape index (κ3) is 3.27. The molecule has 0 bridgehead atoms. The summed E-state index contributed by atoms with van der Waals surface area (Å²) < 4.78 is 18.5. The van der Waals surface area contributed by atoms with E-state index in [4.69, 9.17) is 16.3 Å².